The fourth-order valence-electron chi connectivity index (χ4n) is 4.02. The summed E-state index contributed by atoms with van der Waals surface area (Å²) in [5.74, 6) is 1.71. The molecule has 0 bridgehead atoms. The number of amides is 1. The summed E-state index contributed by atoms with van der Waals surface area (Å²) >= 11 is 0. The maximum absolute atomic E-state index is 12.8. The Balaban J connectivity index is 1.30. The van der Waals surface area contributed by atoms with Crippen molar-refractivity contribution < 1.29 is 9.53 Å². The minimum absolute atomic E-state index is 0.154. The third-order valence-electron chi connectivity index (χ3n) is 5.87. The molecular weight excluding hydrogens is 336 g/mol. The number of ether oxygens (including phenoxy) is 1. The summed E-state index contributed by atoms with van der Waals surface area (Å²) in [6.07, 6.45) is 3.10. The van der Waals surface area contributed by atoms with Crippen LogP contribution in [0.4, 0.5) is 0 Å². The summed E-state index contributed by atoms with van der Waals surface area (Å²) in [5.41, 5.74) is 2.41. The third kappa shape index (κ3) is 4.33. The van der Waals surface area contributed by atoms with Gasteiger partial charge in [0.15, 0.2) is 0 Å². The van der Waals surface area contributed by atoms with E-state index in [-0.39, 0.29) is 5.92 Å². The van der Waals surface area contributed by atoms with E-state index in [0.717, 1.165) is 43.7 Å². The molecule has 2 aliphatic rings. The van der Waals surface area contributed by atoms with Crippen molar-refractivity contribution in [2.24, 2.45) is 5.92 Å². The van der Waals surface area contributed by atoms with Crippen molar-refractivity contribution in [2.45, 2.75) is 37.8 Å². The maximum Gasteiger partial charge on any atom is 0.226 e. The van der Waals surface area contributed by atoms with Crippen LogP contribution in [0, 0.1) is 5.92 Å². The van der Waals surface area contributed by atoms with Crippen LogP contribution in [-0.4, -0.2) is 37.0 Å². The lowest BCUT2D eigenvalue weighted by Gasteiger charge is -2.32. The van der Waals surface area contributed by atoms with Gasteiger partial charge in [-0.25, -0.2) is 0 Å². The summed E-state index contributed by atoms with van der Waals surface area (Å²) < 4.78 is 5.86. The molecule has 1 heterocycles. The molecule has 0 spiro atoms. The van der Waals surface area contributed by atoms with Gasteiger partial charge in [0.05, 0.1) is 0 Å². The summed E-state index contributed by atoms with van der Waals surface area (Å²) in [6, 6.07) is 18.8. The van der Waals surface area contributed by atoms with Gasteiger partial charge in [0.2, 0.25) is 5.91 Å². The lowest BCUT2D eigenvalue weighted by atomic mass is 10.0. The average Bonchev–Trinajstić information content (AvgIpc) is 3.54. The molecule has 2 aromatic carbocycles. The van der Waals surface area contributed by atoms with E-state index in [4.69, 9.17) is 4.74 Å². The van der Waals surface area contributed by atoms with Crippen molar-refractivity contribution >= 4 is 5.91 Å². The second-order valence-corrected chi connectivity index (χ2v) is 7.72. The van der Waals surface area contributed by atoms with Gasteiger partial charge in [-0.1, -0.05) is 42.5 Å². The van der Waals surface area contributed by atoms with Gasteiger partial charge >= 0.3 is 0 Å². The fourth-order valence-corrected chi connectivity index (χ4v) is 4.02. The van der Waals surface area contributed by atoms with Gasteiger partial charge < -0.3 is 15.0 Å². The molecule has 2 aromatic rings. The zero-order valence-corrected chi connectivity index (χ0v) is 15.9. The Morgan fingerprint density at radius 3 is 2.48 bits per heavy atom. The summed E-state index contributed by atoms with van der Waals surface area (Å²) in [5, 5.41) is 3.36. The van der Waals surface area contributed by atoms with Gasteiger partial charge in [-0.2, -0.15) is 0 Å². The Hall–Kier alpha value is -2.33. The smallest absolute Gasteiger partial charge is 0.226 e. The lowest BCUT2D eigenvalue weighted by molar-refractivity contribution is -0.133. The van der Waals surface area contributed by atoms with Crippen LogP contribution in [0.3, 0.4) is 0 Å². The molecule has 1 saturated carbocycles. The Bertz CT molecular complexity index is 754. The van der Waals surface area contributed by atoms with Gasteiger partial charge in [-0.3, -0.25) is 4.79 Å². The number of rotatable bonds is 6. The molecule has 4 nitrogen and oxygen atoms in total. The number of nitrogens with one attached hydrogen (secondary N) is 1. The van der Waals surface area contributed by atoms with Crippen molar-refractivity contribution in [3.05, 3.63) is 65.7 Å². The summed E-state index contributed by atoms with van der Waals surface area (Å²) in [4.78, 5) is 14.8. The van der Waals surface area contributed by atoms with Gasteiger partial charge in [-0.05, 0) is 61.5 Å². The predicted molar refractivity (Wildman–Crippen MR) is 107 cm³/mol. The zero-order valence-electron chi connectivity index (χ0n) is 15.9. The molecule has 2 fully saturated rings. The van der Waals surface area contributed by atoms with E-state index >= 15 is 0 Å². The highest BCUT2D eigenvalue weighted by molar-refractivity contribution is 5.83. The van der Waals surface area contributed by atoms with E-state index in [1.807, 2.05) is 42.3 Å². The molecule has 142 valence electrons. The van der Waals surface area contributed by atoms with Gasteiger partial charge in [0, 0.05) is 19.0 Å². The maximum atomic E-state index is 12.8. The molecule has 1 aliphatic carbocycles. The van der Waals surface area contributed by atoms with Crippen LogP contribution >= 0.6 is 0 Å². The molecule has 2 unspecified atom stereocenters. The largest absolute Gasteiger partial charge is 0.489 e. The molecule has 1 N–H and O–H groups in total. The van der Waals surface area contributed by atoms with Crippen molar-refractivity contribution in [1.82, 2.24) is 10.2 Å². The number of carbonyl (C=O) groups is 1. The van der Waals surface area contributed by atoms with Gasteiger partial charge in [0.1, 0.15) is 12.4 Å². The second kappa shape index (κ2) is 8.13. The van der Waals surface area contributed by atoms with E-state index in [0.29, 0.717) is 24.5 Å². The number of hydrogen-bond acceptors (Lipinski definition) is 3. The van der Waals surface area contributed by atoms with E-state index in [1.54, 1.807) is 0 Å². The standard InChI is InChI=1S/C23H28N2O2/c1-25(19-11-13-24-14-12-19)23(26)22-15-21(22)18-7-9-20(10-8-18)27-16-17-5-3-2-4-6-17/h2-10,19,21-22,24H,11-16H2,1H3. The van der Waals surface area contributed by atoms with Crippen LogP contribution in [0.25, 0.3) is 0 Å². The molecule has 27 heavy (non-hydrogen) atoms. The monoisotopic (exact) mass is 364 g/mol. The van der Waals surface area contributed by atoms with Crippen molar-refractivity contribution in [3.8, 4) is 5.75 Å². The number of benzene rings is 2. The first-order valence-corrected chi connectivity index (χ1v) is 9.96. The van der Waals surface area contributed by atoms with Crippen molar-refractivity contribution in [3.63, 3.8) is 0 Å². The van der Waals surface area contributed by atoms with E-state index in [1.165, 1.54) is 5.56 Å². The zero-order chi connectivity index (χ0) is 18.6. The lowest BCUT2D eigenvalue weighted by Crippen LogP contribution is -2.44. The van der Waals surface area contributed by atoms with Gasteiger partial charge in [-0.15, -0.1) is 0 Å². The van der Waals surface area contributed by atoms with Crippen LogP contribution in [0.15, 0.2) is 54.6 Å². The predicted octanol–water partition coefficient (Wildman–Crippen LogP) is 3.58. The first kappa shape index (κ1) is 18.1. The van der Waals surface area contributed by atoms with Crippen LogP contribution in [0.1, 0.15) is 36.3 Å². The Morgan fingerprint density at radius 2 is 1.78 bits per heavy atom. The normalized spacial score (nSPS) is 22.3. The Kier molecular flexibility index (Phi) is 5.44. The molecule has 2 atom stereocenters. The molecule has 4 rings (SSSR count). The highest BCUT2D eigenvalue weighted by Crippen LogP contribution is 2.48. The second-order valence-electron chi connectivity index (χ2n) is 7.72. The number of hydrogen-bond donors (Lipinski definition) is 1. The highest BCUT2D eigenvalue weighted by Gasteiger charge is 2.46. The quantitative estimate of drug-likeness (QED) is 0.852. The molecule has 1 saturated heterocycles. The van der Waals surface area contributed by atoms with Crippen LogP contribution in [0.2, 0.25) is 0 Å². The Labute approximate surface area is 161 Å². The van der Waals surface area contributed by atoms with E-state index in [2.05, 4.69) is 29.6 Å². The topological polar surface area (TPSA) is 41.6 Å². The number of piperidine rings is 1. The summed E-state index contributed by atoms with van der Waals surface area (Å²) in [7, 11) is 1.98. The number of nitrogens with zero attached hydrogens (tertiary/aromatic N) is 1. The molecule has 1 aliphatic heterocycles. The van der Waals surface area contributed by atoms with E-state index in [9.17, 15) is 4.79 Å². The van der Waals surface area contributed by atoms with E-state index < -0.39 is 0 Å². The highest BCUT2D eigenvalue weighted by atomic mass is 16.5. The molecule has 0 aromatic heterocycles. The minimum atomic E-state index is 0.154. The first-order chi connectivity index (χ1) is 13.2. The van der Waals surface area contributed by atoms with Crippen LogP contribution in [0.5, 0.6) is 5.75 Å². The first-order valence-electron chi connectivity index (χ1n) is 9.96. The van der Waals surface area contributed by atoms with Crippen LogP contribution in [-0.2, 0) is 11.4 Å². The fraction of sp³-hybridized carbons (Fsp3) is 0.435. The molecule has 1 amide bonds. The van der Waals surface area contributed by atoms with Crippen molar-refractivity contribution in [2.75, 3.05) is 20.1 Å². The average molecular weight is 364 g/mol. The summed E-state index contributed by atoms with van der Waals surface area (Å²) in [6.45, 7) is 2.60. The van der Waals surface area contributed by atoms with Crippen LogP contribution < -0.4 is 10.1 Å². The minimum Gasteiger partial charge on any atom is -0.489 e. The Morgan fingerprint density at radius 1 is 1.07 bits per heavy atom. The molecular formula is C23H28N2O2. The third-order valence-corrected chi connectivity index (χ3v) is 5.87. The SMILES string of the molecule is CN(C(=O)C1CC1c1ccc(OCc2ccccc2)cc1)C1CCNCC1. The number of carbonyl (C=O) groups excluding carboxylic acids is 1. The molecule has 4 heteroatoms. The molecule has 0 radical (unpaired) electrons. The van der Waals surface area contributed by atoms with Crippen molar-refractivity contribution in [1.29, 1.82) is 0 Å². The van der Waals surface area contributed by atoms with Gasteiger partial charge in [0.25, 0.3) is 0 Å².